The molecular weight excluding hydrogens is 351 g/mol. The van der Waals surface area contributed by atoms with Gasteiger partial charge in [-0.05, 0) is 0 Å². The highest BCUT2D eigenvalue weighted by molar-refractivity contribution is 5.85. The van der Waals surface area contributed by atoms with E-state index in [4.69, 9.17) is 5.73 Å². The van der Waals surface area contributed by atoms with E-state index in [0.29, 0.717) is 45.1 Å². The van der Waals surface area contributed by atoms with E-state index in [-0.39, 0.29) is 36.6 Å². The molecule has 2 heterocycles. The van der Waals surface area contributed by atoms with Crippen LogP contribution >= 0.6 is 24.8 Å². The molecule has 0 saturated carbocycles. The van der Waals surface area contributed by atoms with E-state index in [9.17, 15) is 13.6 Å². The molecule has 6 nitrogen and oxygen atoms in total. The van der Waals surface area contributed by atoms with Crippen LogP contribution in [0.25, 0.3) is 0 Å². The molecule has 0 aromatic carbocycles. The third-order valence-corrected chi connectivity index (χ3v) is 3.78. The lowest BCUT2D eigenvalue weighted by Crippen LogP contribution is -2.50. The number of aromatic nitrogens is 2. The summed E-state index contributed by atoms with van der Waals surface area (Å²) in [6, 6.07) is 0. The van der Waals surface area contributed by atoms with Crippen LogP contribution in [0.4, 0.5) is 8.78 Å². The fourth-order valence-electron chi connectivity index (χ4n) is 2.38. The van der Waals surface area contributed by atoms with Gasteiger partial charge in [0.05, 0.1) is 6.54 Å². The zero-order valence-electron chi connectivity index (χ0n) is 12.9. The van der Waals surface area contributed by atoms with Crippen LogP contribution in [0.15, 0.2) is 12.4 Å². The molecule has 1 fully saturated rings. The Hall–Kier alpha value is -0.960. The van der Waals surface area contributed by atoms with Gasteiger partial charge in [-0.15, -0.1) is 24.8 Å². The quantitative estimate of drug-likeness (QED) is 0.845. The van der Waals surface area contributed by atoms with Crippen molar-refractivity contribution in [2.24, 2.45) is 11.7 Å². The molecule has 1 aliphatic rings. The van der Waals surface area contributed by atoms with Crippen molar-refractivity contribution in [1.82, 2.24) is 19.4 Å². The van der Waals surface area contributed by atoms with Gasteiger partial charge in [-0.2, -0.15) is 8.78 Å². The van der Waals surface area contributed by atoms with Crippen LogP contribution in [0.3, 0.4) is 0 Å². The first-order valence-electron chi connectivity index (χ1n) is 7.04. The summed E-state index contributed by atoms with van der Waals surface area (Å²) in [5, 5.41) is 0. The molecule has 1 amide bonds. The lowest BCUT2D eigenvalue weighted by atomic mass is 10.1. The van der Waals surface area contributed by atoms with Gasteiger partial charge in [0.1, 0.15) is 5.82 Å². The van der Waals surface area contributed by atoms with Gasteiger partial charge in [-0.3, -0.25) is 14.3 Å². The largest absolute Gasteiger partial charge is 0.340 e. The first-order chi connectivity index (χ1) is 10.0. The summed E-state index contributed by atoms with van der Waals surface area (Å²) in [7, 11) is 0. The van der Waals surface area contributed by atoms with Crippen molar-refractivity contribution in [2.75, 3.05) is 32.7 Å². The second kappa shape index (κ2) is 10.0. The van der Waals surface area contributed by atoms with E-state index < -0.39 is 6.55 Å². The van der Waals surface area contributed by atoms with Gasteiger partial charge in [0, 0.05) is 51.0 Å². The van der Waals surface area contributed by atoms with Crippen LogP contribution in [0, 0.1) is 5.92 Å². The lowest BCUT2D eigenvalue weighted by Gasteiger charge is -2.35. The fourth-order valence-corrected chi connectivity index (χ4v) is 2.38. The average molecular weight is 374 g/mol. The number of hydrogen-bond donors (Lipinski definition) is 1. The van der Waals surface area contributed by atoms with Gasteiger partial charge in [-0.25, -0.2) is 4.98 Å². The minimum Gasteiger partial charge on any atom is -0.340 e. The topological polar surface area (TPSA) is 67.4 Å². The number of carbonyl (C=O) groups is 1. The molecule has 0 spiro atoms. The summed E-state index contributed by atoms with van der Waals surface area (Å²) in [4.78, 5) is 19.8. The van der Waals surface area contributed by atoms with Crippen molar-refractivity contribution in [1.29, 1.82) is 0 Å². The van der Waals surface area contributed by atoms with Gasteiger partial charge in [0.15, 0.2) is 0 Å². The highest BCUT2D eigenvalue weighted by Gasteiger charge is 2.25. The summed E-state index contributed by atoms with van der Waals surface area (Å²) in [6.45, 7) is 2.44. The third-order valence-electron chi connectivity index (χ3n) is 3.78. The number of amides is 1. The first kappa shape index (κ1) is 22.0. The van der Waals surface area contributed by atoms with Crippen LogP contribution < -0.4 is 5.73 Å². The zero-order chi connectivity index (χ0) is 15.4. The minimum atomic E-state index is -2.57. The lowest BCUT2D eigenvalue weighted by molar-refractivity contribution is -0.136. The van der Waals surface area contributed by atoms with Crippen molar-refractivity contribution < 1.29 is 13.6 Å². The molecule has 1 atom stereocenters. The number of halogens is 4. The van der Waals surface area contributed by atoms with Crippen molar-refractivity contribution in [3.05, 3.63) is 18.2 Å². The molecule has 134 valence electrons. The van der Waals surface area contributed by atoms with Gasteiger partial charge in [0.2, 0.25) is 5.91 Å². The molecule has 2 rings (SSSR count). The van der Waals surface area contributed by atoms with Crippen LogP contribution in [-0.4, -0.2) is 58.0 Å². The van der Waals surface area contributed by atoms with Crippen molar-refractivity contribution in [3.8, 4) is 0 Å². The maximum Gasteiger partial charge on any atom is 0.319 e. The van der Waals surface area contributed by atoms with Crippen LogP contribution in [-0.2, 0) is 11.3 Å². The van der Waals surface area contributed by atoms with Gasteiger partial charge < -0.3 is 10.6 Å². The Bertz CT molecular complexity index is 481. The number of nitrogens with zero attached hydrogens (tertiary/aromatic N) is 4. The number of imidazole rings is 1. The number of piperazine rings is 1. The second-order valence-electron chi connectivity index (χ2n) is 5.27. The molecule has 10 heteroatoms. The molecule has 1 aromatic rings. The molecule has 0 bridgehead atoms. The van der Waals surface area contributed by atoms with Crippen molar-refractivity contribution in [2.45, 2.75) is 20.0 Å². The maximum atomic E-state index is 12.8. The number of carbonyl (C=O) groups excluding carboxylic acids is 1. The fraction of sp³-hybridized carbons (Fsp3) is 0.692. The standard InChI is InChI=1S/C13H21F2N5O.2ClH/c1-10(8-16)12(21)19-6-4-18(5-7-19)9-11-17-2-3-20(11)13(14)15;;/h2-3,10,13H,4-9,16H2,1H3;2*1H. The highest BCUT2D eigenvalue weighted by atomic mass is 35.5. The van der Waals surface area contributed by atoms with Crippen molar-refractivity contribution in [3.63, 3.8) is 0 Å². The molecule has 2 N–H and O–H groups in total. The number of hydrogen-bond acceptors (Lipinski definition) is 4. The minimum absolute atomic E-state index is 0. The van der Waals surface area contributed by atoms with Crippen molar-refractivity contribution >= 4 is 30.7 Å². The Labute approximate surface area is 146 Å². The summed E-state index contributed by atoms with van der Waals surface area (Å²) in [5.41, 5.74) is 5.50. The summed E-state index contributed by atoms with van der Waals surface area (Å²) in [6.07, 6.45) is 2.66. The second-order valence-corrected chi connectivity index (χ2v) is 5.27. The first-order valence-corrected chi connectivity index (χ1v) is 7.04. The average Bonchev–Trinajstić information content (AvgIpc) is 2.95. The van der Waals surface area contributed by atoms with E-state index in [1.807, 2.05) is 11.8 Å². The molecule has 0 aliphatic carbocycles. The Kier molecular flexibility index (Phi) is 9.60. The maximum absolute atomic E-state index is 12.8. The molecule has 1 aromatic heterocycles. The van der Waals surface area contributed by atoms with E-state index in [2.05, 4.69) is 4.98 Å². The molecule has 1 unspecified atom stereocenters. The number of rotatable bonds is 5. The number of alkyl halides is 2. The Morgan fingerprint density at radius 3 is 2.43 bits per heavy atom. The predicted octanol–water partition coefficient (Wildman–Crippen LogP) is 1.36. The van der Waals surface area contributed by atoms with E-state index in [1.165, 1.54) is 12.4 Å². The predicted molar refractivity (Wildman–Crippen MR) is 88.1 cm³/mol. The monoisotopic (exact) mass is 373 g/mol. The zero-order valence-corrected chi connectivity index (χ0v) is 14.5. The molecule has 23 heavy (non-hydrogen) atoms. The van der Waals surface area contributed by atoms with Crippen LogP contribution in [0.2, 0.25) is 0 Å². The molecular formula is C13H23Cl2F2N5O. The Balaban J connectivity index is 0.00000242. The van der Waals surface area contributed by atoms with E-state index in [0.717, 1.165) is 4.57 Å². The van der Waals surface area contributed by atoms with Crippen LogP contribution in [0.1, 0.15) is 19.3 Å². The highest BCUT2D eigenvalue weighted by Crippen LogP contribution is 2.15. The number of nitrogens with two attached hydrogens (primary N) is 1. The normalized spacial score (nSPS) is 16.7. The molecule has 1 saturated heterocycles. The van der Waals surface area contributed by atoms with Gasteiger partial charge >= 0.3 is 6.55 Å². The summed E-state index contributed by atoms with van der Waals surface area (Å²) < 4.78 is 26.4. The molecule has 1 aliphatic heterocycles. The third kappa shape index (κ3) is 5.56. The molecule has 0 radical (unpaired) electrons. The van der Waals surface area contributed by atoms with Gasteiger partial charge in [-0.1, -0.05) is 6.92 Å². The van der Waals surface area contributed by atoms with E-state index >= 15 is 0 Å². The Morgan fingerprint density at radius 2 is 1.91 bits per heavy atom. The van der Waals surface area contributed by atoms with E-state index in [1.54, 1.807) is 4.90 Å². The summed E-state index contributed by atoms with van der Waals surface area (Å²) in [5.74, 6) is 0.237. The SMILES string of the molecule is CC(CN)C(=O)N1CCN(Cc2nccn2C(F)F)CC1.Cl.Cl. The summed E-state index contributed by atoms with van der Waals surface area (Å²) >= 11 is 0. The Morgan fingerprint density at radius 1 is 1.30 bits per heavy atom. The smallest absolute Gasteiger partial charge is 0.319 e. The van der Waals surface area contributed by atoms with Crippen LogP contribution in [0.5, 0.6) is 0 Å². The van der Waals surface area contributed by atoms with Gasteiger partial charge in [0.25, 0.3) is 0 Å².